The summed E-state index contributed by atoms with van der Waals surface area (Å²) in [5, 5.41) is 19.3. The van der Waals surface area contributed by atoms with Gasteiger partial charge in [-0.05, 0) is 30.9 Å². The number of hydrogen-bond donors (Lipinski definition) is 2. The van der Waals surface area contributed by atoms with Crippen LogP contribution in [0.2, 0.25) is 0 Å². The quantitative estimate of drug-likeness (QED) is 0.661. The number of pyridine rings is 1. The fourth-order valence-corrected chi connectivity index (χ4v) is 1.77. The second kappa shape index (κ2) is 3.64. The van der Waals surface area contributed by atoms with E-state index in [0.29, 0.717) is 5.46 Å². The Balaban J connectivity index is 2.86. The van der Waals surface area contributed by atoms with Crippen LogP contribution in [0, 0.1) is 13.8 Å². The first-order valence-electron chi connectivity index (χ1n) is 4.82. The van der Waals surface area contributed by atoms with Gasteiger partial charge in [-0.1, -0.05) is 18.2 Å². The van der Waals surface area contributed by atoms with E-state index in [9.17, 15) is 10.0 Å². The van der Waals surface area contributed by atoms with Crippen molar-refractivity contribution in [3.05, 3.63) is 35.5 Å². The van der Waals surface area contributed by atoms with Crippen molar-refractivity contribution in [2.75, 3.05) is 0 Å². The minimum absolute atomic E-state index is 0.515. The normalized spacial score (nSPS) is 10.7. The molecule has 4 heteroatoms. The van der Waals surface area contributed by atoms with Crippen LogP contribution in [0.25, 0.3) is 10.9 Å². The zero-order chi connectivity index (χ0) is 11.0. The van der Waals surface area contributed by atoms with Gasteiger partial charge < -0.3 is 10.0 Å². The lowest BCUT2D eigenvalue weighted by molar-refractivity contribution is 0.426. The average molecular weight is 201 g/mol. The fourth-order valence-electron chi connectivity index (χ4n) is 1.77. The highest BCUT2D eigenvalue weighted by Crippen LogP contribution is 2.14. The summed E-state index contributed by atoms with van der Waals surface area (Å²) in [5.41, 5.74) is 3.18. The second-order valence-electron chi connectivity index (χ2n) is 3.70. The molecule has 0 fully saturated rings. The molecule has 0 amide bonds. The second-order valence-corrected chi connectivity index (χ2v) is 3.70. The zero-order valence-electron chi connectivity index (χ0n) is 8.73. The SMILES string of the molecule is Cc1cc(B(O)O)c2cccc(C)c2n1. The van der Waals surface area contributed by atoms with Crippen molar-refractivity contribution < 1.29 is 10.0 Å². The molecule has 1 aromatic carbocycles. The number of aromatic nitrogens is 1. The van der Waals surface area contributed by atoms with Crippen LogP contribution in [-0.2, 0) is 0 Å². The Morgan fingerprint density at radius 3 is 2.60 bits per heavy atom. The first kappa shape index (κ1) is 10.1. The summed E-state index contributed by atoms with van der Waals surface area (Å²) >= 11 is 0. The van der Waals surface area contributed by atoms with Crippen LogP contribution in [-0.4, -0.2) is 22.2 Å². The Bertz CT molecular complexity index is 511. The van der Waals surface area contributed by atoms with E-state index >= 15 is 0 Å². The van der Waals surface area contributed by atoms with E-state index in [1.165, 1.54) is 0 Å². The van der Waals surface area contributed by atoms with Crippen LogP contribution >= 0.6 is 0 Å². The summed E-state index contributed by atoms with van der Waals surface area (Å²) in [6.07, 6.45) is 0. The molecule has 2 rings (SSSR count). The molecule has 0 spiro atoms. The number of nitrogens with zero attached hydrogens (tertiary/aromatic N) is 1. The minimum atomic E-state index is -1.45. The van der Waals surface area contributed by atoms with Crippen LogP contribution in [0.15, 0.2) is 24.3 Å². The first-order valence-corrected chi connectivity index (χ1v) is 4.82. The molecule has 1 aromatic heterocycles. The summed E-state index contributed by atoms with van der Waals surface area (Å²) < 4.78 is 0. The van der Waals surface area contributed by atoms with Crippen LogP contribution in [0.3, 0.4) is 0 Å². The summed E-state index contributed by atoms with van der Waals surface area (Å²) in [7, 11) is -1.45. The maximum absolute atomic E-state index is 9.26. The van der Waals surface area contributed by atoms with Gasteiger partial charge in [0.2, 0.25) is 0 Å². The topological polar surface area (TPSA) is 53.4 Å². The highest BCUT2D eigenvalue weighted by Gasteiger charge is 2.16. The summed E-state index contributed by atoms with van der Waals surface area (Å²) in [5.74, 6) is 0. The highest BCUT2D eigenvalue weighted by molar-refractivity contribution is 6.61. The first-order chi connectivity index (χ1) is 7.09. The lowest BCUT2D eigenvalue weighted by atomic mass is 9.77. The lowest BCUT2D eigenvalue weighted by Crippen LogP contribution is -2.31. The summed E-state index contributed by atoms with van der Waals surface area (Å²) in [4.78, 5) is 4.40. The van der Waals surface area contributed by atoms with Crippen molar-refractivity contribution in [2.24, 2.45) is 0 Å². The van der Waals surface area contributed by atoms with Crippen molar-refractivity contribution >= 4 is 23.5 Å². The molecule has 0 saturated carbocycles. The number of rotatable bonds is 1. The van der Waals surface area contributed by atoms with Gasteiger partial charge in [-0.25, -0.2) is 0 Å². The minimum Gasteiger partial charge on any atom is -0.423 e. The third-order valence-corrected chi connectivity index (χ3v) is 2.48. The van der Waals surface area contributed by atoms with Crippen molar-refractivity contribution in [3.63, 3.8) is 0 Å². The van der Waals surface area contributed by atoms with Crippen molar-refractivity contribution in [1.29, 1.82) is 0 Å². The van der Waals surface area contributed by atoms with Crippen LogP contribution in [0.5, 0.6) is 0 Å². The largest absolute Gasteiger partial charge is 0.489 e. The van der Waals surface area contributed by atoms with Crippen molar-refractivity contribution in [1.82, 2.24) is 4.98 Å². The smallest absolute Gasteiger partial charge is 0.423 e. The van der Waals surface area contributed by atoms with Crippen LogP contribution in [0.1, 0.15) is 11.3 Å². The van der Waals surface area contributed by atoms with Gasteiger partial charge in [0, 0.05) is 11.1 Å². The van der Waals surface area contributed by atoms with Crippen molar-refractivity contribution in [3.8, 4) is 0 Å². The van der Waals surface area contributed by atoms with E-state index in [4.69, 9.17) is 0 Å². The number of fused-ring (bicyclic) bond motifs is 1. The zero-order valence-corrected chi connectivity index (χ0v) is 8.73. The monoisotopic (exact) mass is 201 g/mol. The average Bonchev–Trinajstić information content (AvgIpc) is 2.18. The van der Waals surface area contributed by atoms with E-state index in [1.807, 2.05) is 32.0 Å². The molecule has 76 valence electrons. The van der Waals surface area contributed by atoms with E-state index in [1.54, 1.807) is 6.07 Å². The number of para-hydroxylation sites is 1. The Hall–Kier alpha value is -1.39. The molecule has 0 saturated heterocycles. The molecule has 15 heavy (non-hydrogen) atoms. The molecular formula is C11H12BNO2. The van der Waals surface area contributed by atoms with Gasteiger partial charge in [-0.15, -0.1) is 0 Å². The van der Waals surface area contributed by atoms with Gasteiger partial charge in [-0.2, -0.15) is 0 Å². The molecule has 2 N–H and O–H groups in total. The Morgan fingerprint density at radius 2 is 1.93 bits per heavy atom. The summed E-state index contributed by atoms with van der Waals surface area (Å²) in [6, 6.07) is 7.40. The number of hydrogen-bond acceptors (Lipinski definition) is 3. The van der Waals surface area contributed by atoms with Gasteiger partial charge >= 0.3 is 7.12 Å². The maximum atomic E-state index is 9.26. The Kier molecular flexibility index (Phi) is 2.46. The standard InChI is InChI=1S/C11H12BNO2/c1-7-4-3-5-9-10(12(14)15)6-8(2)13-11(7)9/h3-6,14-15H,1-2H3. The van der Waals surface area contributed by atoms with Crippen LogP contribution in [0.4, 0.5) is 0 Å². The third kappa shape index (κ3) is 1.74. The van der Waals surface area contributed by atoms with E-state index in [2.05, 4.69) is 4.98 Å². The van der Waals surface area contributed by atoms with Gasteiger partial charge in [0.15, 0.2) is 0 Å². The predicted molar refractivity (Wildman–Crippen MR) is 61.0 cm³/mol. The Labute approximate surface area is 88.5 Å². The van der Waals surface area contributed by atoms with Gasteiger partial charge in [0.1, 0.15) is 0 Å². The van der Waals surface area contributed by atoms with Gasteiger partial charge in [-0.3, -0.25) is 4.98 Å². The number of aryl methyl sites for hydroxylation is 2. The van der Waals surface area contributed by atoms with E-state index in [0.717, 1.165) is 22.2 Å². The molecular weight excluding hydrogens is 189 g/mol. The molecule has 0 aliphatic carbocycles. The molecule has 0 unspecified atom stereocenters. The van der Waals surface area contributed by atoms with Crippen molar-refractivity contribution in [2.45, 2.75) is 13.8 Å². The van der Waals surface area contributed by atoms with Gasteiger partial charge in [0.25, 0.3) is 0 Å². The molecule has 0 bridgehead atoms. The molecule has 0 aliphatic rings. The fraction of sp³-hybridized carbons (Fsp3) is 0.182. The Morgan fingerprint density at radius 1 is 1.20 bits per heavy atom. The molecule has 1 heterocycles. The van der Waals surface area contributed by atoms with E-state index < -0.39 is 7.12 Å². The molecule has 0 aliphatic heterocycles. The van der Waals surface area contributed by atoms with E-state index in [-0.39, 0.29) is 0 Å². The third-order valence-electron chi connectivity index (χ3n) is 2.48. The predicted octanol–water partition coefficient (Wildman–Crippen LogP) is 0.531. The highest BCUT2D eigenvalue weighted by atomic mass is 16.4. The molecule has 3 nitrogen and oxygen atoms in total. The number of benzene rings is 1. The lowest BCUT2D eigenvalue weighted by Gasteiger charge is -2.08. The maximum Gasteiger partial charge on any atom is 0.489 e. The van der Waals surface area contributed by atoms with Crippen LogP contribution < -0.4 is 5.46 Å². The molecule has 0 atom stereocenters. The summed E-state index contributed by atoms with van der Waals surface area (Å²) in [6.45, 7) is 3.81. The van der Waals surface area contributed by atoms with Gasteiger partial charge in [0.05, 0.1) is 5.52 Å². The molecule has 0 radical (unpaired) electrons. The molecule has 2 aromatic rings.